The fourth-order valence-corrected chi connectivity index (χ4v) is 2.68. The van der Waals surface area contributed by atoms with E-state index in [0.717, 1.165) is 6.07 Å². The number of non-ortho nitro benzene ring substituents is 1. The summed E-state index contributed by atoms with van der Waals surface area (Å²) >= 11 is 0. The minimum atomic E-state index is -0.680. The lowest BCUT2D eigenvalue weighted by Crippen LogP contribution is -2.15. The monoisotopic (exact) mass is 531 g/mol. The van der Waals surface area contributed by atoms with E-state index in [4.69, 9.17) is 33.2 Å². The Morgan fingerprint density at radius 2 is 1.11 bits per heavy atom. The maximum absolute atomic E-state index is 11.1. The molecule has 0 amide bonds. The van der Waals surface area contributed by atoms with Gasteiger partial charge < -0.3 is 38.5 Å². The first-order valence-electron chi connectivity index (χ1n) is 11.9. The molecule has 210 valence electrons. The van der Waals surface area contributed by atoms with Gasteiger partial charge in [0.25, 0.3) is 11.4 Å². The number of nitro benzene ring substituents is 2. The minimum Gasteiger partial charge on any atom is -0.377 e. The zero-order chi connectivity index (χ0) is 27.0. The Morgan fingerprint density at radius 3 is 1.51 bits per heavy atom. The molecule has 0 fully saturated rings. The zero-order valence-corrected chi connectivity index (χ0v) is 21.0. The van der Waals surface area contributed by atoms with Crippen molar-refractivity contribution in [3.05, 3.63) is 51.1 Å². The van der Waals surface area contributed by atoms with Gasteiger partial charge in [0, 0.05) is 12.6 Å². The molecule has 37 heavy (non-hydrogen) atoms. The van der Waals surface area contributed by atoms with Crippen LogP contribution in [-0.4, -0.2) is 109 Å². The van der Waals surface area contributed by atoms with Crippen molar-refractivity contribution in [1.29, 1.82) is 0 Å². The number of hydrogen-bond donors (Lipinski definition) is 1. The summed E-state index contributed by atoms with van der Waals surface area (Å²) < 4.78 is 37.5. The number of nitro groups is 2. The van der Waals surface area contributed by atoms with Crippen LogP contribution in [0.4, 0.5) is 17.1 Å². The van der Waals surface area contributed by atoms with Gasteiger partial charge in [0.2, 0.25) is 0 Å². The highest BCUT2D eigenvalue weighted by Crippen LogP contribution is 2.28. The summed E-state index contributed by atoms with van der Waals surface area (Å²) in [5.74, 6) is 0. The molecule has 0 aromatic heterocycles. The summed E-state index contributed by atoms with van der Waals surface area (Å²) in [4.78, 5) is 20.5. The van der Waals surface area contributed by atoms with E-state index in [0.29, 0.717) is 92.4 Å². The van der Waals surface area contributed by atoms with Crippen LogP contribution in [0.3, 0.4) is 0 Å². The first-order chi connectivity index (χ1) is 18.1. The van der Waals surface area contributed by atoms with Gasteiger partial charge in [0.15, 0.2) is 0 Å². The zero-order valence-electron chi connectivity index (χ0n) is 21.0. The summed E-state index contributed by atoms with van der Waals surface area (Å²) in [6.07, 6.45) is 1.69. The average Bonchev–Trinajstić information content (AvgIpc) is 2.89. The Bertz CT molecular complexity index is 767. The largest absolute Gasteiger partial charge is 0.377 e. The van der Waals surface area contributed by atoms with Crippen LogP contribution in [-0.2, 0) is 33.2 Å². The lowest BCUT2D eigenvalue weighted by Gasteiger charge is -2.09. The Morgan fingerprint density at radius 1 is 0.676 bits per heavy atom. The van der Waals surface area contributed by atoms with Crippen molar-refractivity contribution in [1.82, 2.24) is 0 Å². The van der Waals surface area contributed by atoms with Crippen LogP contribution in [0.5, 0.6) is 0 Å². The van der Waals surface area contributed by atoms with Crippen LogP contribution in [0, 0.1) is 20.2 Å². The van der Waals surface area contributed by atoms with Gasteiger partial charge in [0.1, 0.15) is 5.69 Å². The van der Waals surface area contributed by atoms with E-state index in [1.165, 1.54) is 12.1 Å². The highest BCUT2D eigenvalue weighted by molar-refractivity contribution is 5.65. The maximum Gasteiger partial charge on any atom is 0.299 e. The molecule has 0 atom stereocenters. The fourth-order valence-electron chi connectivity index (χ4n) is 2.68. The lowest BCUT2D eigenvalue weighted by molar-refractivity contribution is -0.393. The van der Waals surface area contributed by atoms with Gasteiger partial charge in [-0.25, -0.2) is 0 Å². The summed E-state index contributed by atoms with van der Waals surface area (Å²) in [6, 6.07) is 3.43. The molecule has 0 spiro atoms. The third-order valence-corrected chi connectivity index (χ3v) is 4.42. The molecule has 0 saturated heterocycles. The average molecular weight is 532 g/mol. The quantitative estimate of drug-likeness (QED) is 0.0803. The third kappa shape index (κ3) is 17.4. The Balaban J connectivity index is 1.85. The van der Waals surface area contributed by atoms with Crippen LogP contribution in [0.1, 0.15) is 0 Å². The molecule has 14 heteroatoms. The van der Waals surface area contributed by atoms with Crippen LogP contribution >= 0.6 is 0 Å². The standard InChI is InChI=1S/C23H37N3O11/c1-2-6-31-8-10-33-12-14-35-16-18-37-19-17-36-15-13-34-11-9-32-7-5-24-22-4-3-21(25(27)28)20-23(22)26(29)30/h2-4,20,24H,1,5-19H2. The molecule has 0 radical (unpaired) electrons. The Kier molecular flexibility index (Phi) is 19.6. The Hall–Kier alpha value is -2.72. The molecule has 1 N–H and O–H groups in total. The number of nitrogens with one attached hydrogen (secondary N) is 1. The molecule has 0 aliphatic carbocycles. The van der Waals surface area contributed by atoms with Gasteiger partial charge in [0.05, 0.1) is 108 Å². The molecular weight excluding hydrogens is 494 g/mol. The van der Waals surface area contributed by atoms with Crippen molar-refractivity contribution in [2.45, 2.75) is 0 Å². The number of hydrogen-bond acceptors (Lipinski definition) is 12. The first kappa shape index (κ1) is 32.3. The summed E-state index contributed by atoms with van der Waals surface area (Å²) in [5, 5.41) is 24.7. The Labute approximate surface area is 216 Å². The lowest BCUT2D eigenvalue weighted by atomic mass is 10.2. The second-order valence-electron chi connectivity index (χ2n) is 7.18. The van der Waals surface area contributed by atoms with E-state index in [1.54, 1.807) is 6.08 Å². The molecule has 0 saturated carbocycles. The topological polar surface area (TPSA) is 163 Å². The van der Waals surface area contributed by atoms with Gasteiger partial charge in [-0.2, -0.15) is 0 Å². The van der Waals surface area contributed by atoms with E-state index in [1.807, 2.05) is 0 Å². The van der Waals surface area contributed by atoms with Crippen molar-refractivity contribution >= 4 is 17.1 Å². The van der Waals surface area contributed by atoms with Gasteiger partial charge in [-0.1, -0.05) is 6.08 Å². The SMILES string of the molecule is C=CCOCCOCCOCCOCCOCCOCCOCCNc1ccc([N+](=O)[O-])cc1[N+](=O)[O-]. The maximum atomic E-state index is 11.1. The molecule has 14 nitrogen and oxygen atoms in total. The summed E-state index contributed by atoms with van der Waals surface area (Å²) in [6.45, 7) is 10.2. The van der Waals surface area contributed by atoms with Crippen molar-refractivity contribution in [2.75, 3.05) is 104 Å². The molecule has 0 aliphatic heterocycles. The van der Waals surface area contributed by atoms with Crippen molar-refractivity contribution < 1.29 is 43.0 Å². The highest BCUT2D eigenvalue weighted by atomic mass is 16.6. The number of benzene rings is 1. The number of ether oxygens (including phenoxy) is 7. The summed E-state index contributed by atoms with van der Waals surface area (Å²) in [5.41, 5.74) is -0.512. The van der Waals surface area contributed by atoms with E-state index in [9.17, 15) is 20.2 Å². The van der Waals surface area contributed by atoms with E-state index in [2.05, 4.69) is 11.9 Å². The molecule has 0 bridgehead atoms. The van der Waals surface area contributed by atoms with Gasteiger partial charge >= 0.3 is 0 Å². The number of anilines is 1. The molecule has 1 aromatic rings. The number of nitrogens with zero attached hydrogens (tertiary/aromatic N) is 2. The first-order valence-corrected chi connectivity index (χ1v) is 11.9. The van der Waals surface area contributed by atoms with E-state index in [-0.39, 0.29) is 23.7 Å². The highest BCUT2D eigenvalue weighted by Gasteiger charge is 2.18. The molecule has 0 heterocycles. The third-order valence-electron chi connectivity index (χ3n) is 4.42. The van der Waals surface area contributed by atoms with Crippen molar-refractivity contribution in [3.8, 4) is 0 Å². The minimum absolute atomic E-state index is 0.190. The predicted octanol–water partition coefficient (Wildman–Crippen LogP) is 2.22. The van der Waals surface area contributed by atoms with Crippen molar-refractivity contribution in [2.24, 2.45) is 0 Å². The molecule has 0 unspecified atom stereocenters. The second-order valence-corrected chi connectivity index (χ2v) is 7.18. The molecule has 1 rings (SSSR count). The molecular formula is C23H37N3O11. The number of rotatable bonds is 26. The van der Waals surface area contributed by atoms with Gasteiger partial charge in [-0.05, 0) is 6.07 Å². The van der Waals surface area contributed by atoms with Crippen molar-refractivity contribution in [3.63, 3.8) is 0 Å². The van der Waals surface area contributed by atoms with Crippen LogP contribution in [0.15, 0.2) is 30.9 Å². The summed E-state index contributed by atoms with van der Waals surface area (Å²) in [7, 11) is 0. The fraction of sp³-hybridized carbons (Fsp3) is 0.652. The van der Waals surface area contributed by atoms with E-state index >= 15 is 0 Å². The second kappa shape index (κ2) is 22.5. The smallest absolute Gasteiger partial charge is 0.299 e. The van der Waals surface area contributed by atoms with Gasteiger partial charge in [-0.15, -0.1) is 6.58 Å². The predicted molar refractivity (Wildman–Crippen MR) is 134 cm³/mol. The van der Waals surface area contributed by atoms with Gasteiger partial charge in [-0.3, -0.25) is 20.2 Å². The van der Waals surface area contributed by atoms with Crippen LogP contribution in [0.2, 0.25) is 0 Å². The van der Waals surface area contributed by atoms with E-state index < -0.39 is 9.85 Å². The van der Waals surface area contributed by atoms with Crippen LogP contribution in [0.25, 0.3) is 0 Å². The van der Waals surface area contributed by atoms with Crippen LogP contribution < -0.4 is 5.32 Å². The normalized spacial score (nSPS) is 10.9. The molecule has 1 aromatic carbocycles. The molecule has 0 aliphatic rings.